The Morgan fingerprint density at radius 1 is 1.08 bits per heavy atom. The van der Waals surface area contributed by atoms with E-state index in [1.54, 1.807) is 31.4 Å². The molecule has 5 nitrogen and oxygen atoms in total. The molecule has 2 aromatic rings. The maximum Gasteiger partial charge on any atom is 0.252 e. The molecule has 1 unspecified atom stereocenters. The normalized spacial score (nSPS) is 14.7. The minimum atomic E-state index is -0.575. The van der Waals surface area contributed by atoms with E-state index >= 15 is 0 Å². The van der Waals surface area contributed by atoms with Crippen LogP contribution in [0.2, 0.25) is 0 Å². The Kier molecular flexibility index (Phi) is 5.89. The number of carbonyl (C=O) groups excluding carboxylic acids is 2. The van der Waals surface area contributed by atoms with Gasteiger partial charge in [0.25, 0.3) is 5.91 Å². The van der Waals surface area contributed by atoms with E-state index in [0.29, 0.717) is 17.7 Å². The number of hydrogen-bond acceptors (Lipinski definition) is 3. The van der Waals surface area contributed by atoms with Crippen LogP contribution in [0, 0.1) is 0 Å². The Bertz CT molecular complexity index is 755. The molecule has 0 aromatic heterocycles. The Morgan fingerprint density at radius 2 is 1.81 bits per heavy atom. The zero-order valence-corrected chi connectivity index (χ0v) is 15.0. The van der Waals surface area contributed by atoms with Crippen LogP contribution in [0.15, 0.2) is 54.6 Å². The van der Waals surface area contributed by atoms with E-state index in [-0.39, 0.29) is 11.8 Å². The van der Waals surface area contributed by atoms with Crippen molar-refractivity contribution in [2.24, 2.45) is 0 Å². The third-order valence-corrected chi connectivity index (χ3v) is 4.64. The highest BCUT2D eigenvalue weighted by Crippen LogP contribution is 2.15. The third-order valence-electron chi connectivity index (χ3n) is 4.64. The first-order chi connectivity index (χ1) is 12.7. The first-order valence-electron chi connectivity index (χ1n) is 8.95. The van der Waals surface area contributed by atoms with Crippen LogP contribution >= 0.6 is 0 Å². The highest BCUT2D eigenvalue weighted by Gasteiger charge is 2.28. The molecule has 1 atom stereocenters. The van der Waals surface area contributed by atoms with Gasteiger partial charge in [-0.2, -0.15) is 0 Å². The van der Waals surface area contributed by atoms with Gasteiger partial charge in [0.05, 0.1) is 7.11 Å². The van der Waals surface area contributed by atoms with E-state index < -0.39 is 6.04 Å². The van der Waals surface area contributed by atoms with E-state index in [1.165, 1.54) is 0 Å². The molecule has 1 N–H and O–H groups in total. The SMILES string of the molecule is COc1cccc(C(=O)NC(Cc2ccccc2)C(=O)N2CCCC2)c1. The highest BCUT2D eigenvalue weighted by atomic mass is 16.5. The van der Waals surface area contributed by atoms with Crippen molar-refractivity contribution in [2.75, 3.05) is 20.2 Å². The van der Waals surface area contributed by atoms with Gasteiger partial charge in [0.15, 0.2) is 0 Å². The van der Waals surface area contributed by atoms with E-state index in [0.717, 1.165) is 31.5 Å². The van der Waals surface area contributed by atoms with Gasteiger partial charge in [-0.3, -0.25) is 9.59 Å². The molecule has 0 saturated carbocycles. The van der Waals surface area contributed by atoms with Gasteiger partial charge >= 0.3 is 0 Å². The molecular weight excluding hydrogens is 328 g/mol. The topological polar surface area (TPSA) is 58.6 Å². The Morgan fingerprint density at radius 3 is 2.50 bits per heavy atom. The standard InChI is InChI=1S/C21H24N2O3/c1-26-18-11-7-10-17(15-18)20(24)22-19(14-16-8-3-2-4-9-16)21(25)23-12-5-6-13-23/h2-4,7-11,15,19H,5-6,12-14H2,1H3,(H,22,24). The predicted octanol–water partition coefficient (Wildman–Crippen LogP) is 2.66. The molecule has 5 heteroatoms. The summed E-state index contributed by atoms with van der Waals surface area (Å²) in [6.07, 6.45) is 2.52. The van der Waals surface area contributed by atoms with Crippen LogP contribution in [0.1, 0.15) is 28.8 Å². The van der Waals surface area contributed by atoms with E-state index in [1.807, 2.05) is 35.2 Å². The van der Waals surface area contributed by atoms with Crippen molar-refractivity contribution in [3.8, 4) is 5.75 Å². The van der Waals surface area contributed by atoms with Crippen LogP contribution < -0.4 is 10.1 Å². The third kappa shape index (κ3) is 4.42. The fraction of sp³-hybridized carbons (Fsp3) is 0.333. The molecule has 0 spiro atoms. The summed E-state index contributed by atoms with van der Waals surface area (Å²) in [7, 11) is 1.56. The predicted molar refractivity (Wildman–Crippen MR) is 100 cm³/mol. The van der Waals surface area contributed by atoms with Crippen molar-refractivity contribution in [1.29, 1.82) is 0 Å². The average Bonchev–Trinajstić information content (AvgIpc) is 3.22. The lowest BCUT2D eigenvalue weighted by atomic mass is 10.0. The van der Waals surface area contributed by atoms with Gasteiger partial charge in [-0.05, 0) is 36.6 Å². The summed E-state index contributed by atoms with van der Waals surface area (Å²) in [5.74, 6) is 0.336. The molecule has 1 aliphatic heterocycles. The van der Waals surface area contributed by atoms with Crippen molar-refractivity contribution in [2.45, 2.75) is 25.3 Å². The summed E-state index contributed by atoms with van der Waals surface area (Å²) in [6, 6.07) is 16.1. The molecule has 26 heavy (non-hydrogen) atoms. The fourth-order valence-corrected chi connectivity index (χ4v) is 3.21. The molecule has 0 aliphatic carbocycles. The van der Waals surface area contributed by atoms with Crippen LogP contribution in [0.3, 0.4) is 0 Å². The maximum absolute atomic E-state index is 12.9. The number of benzene rings is 2. The summed E-state index contributed by atoms with van der Waals surface area (Å²) < 4.78 is 5.18. The fourth-order valence-electron chi connectivity index (χ4n) is 3.21. The van der Waals surface area contributed by atoms with Crippen molar-refractivity contribution in [3.05, 3.63) is 65.7 Å². The molecular formula is C21H24N2O3. The van der Waals surface area contributed by atoms with Gasteiger partial charge in [0.2, 0.25) is 5.91 Å². The van der Waals surface area contributed by atoms with Crippen molar-refractivity contribution in [1.82, 2.24) is 10.2 Å². The Hall–Kier alpha value is -2.82. The van der Waals surface area contributed by atoms with Crippen LogP contribution in [0.4, 0.5) is 0 Å². The first-order valence-corrected chi connectivity index (χ1v) is 8.95. The smallest absolute Gasteiger partial charge is 0.252 e. The van der Waals surface area contributed by atoms with Gasteiger partial charge in [-0.25, -0.2) is 0 Å². The monoisotopic (exact) mass is 352 g/mol. The first kappa shape index (κ1) is 18.0. The lowest BCUT2D eigenvalue weighted by molar-refractivity contribution is -0.132. The second-order valence-corrected chi connectivity index (χ2v) is 6.48. The number of carbonyl (C=O) groups is 2. The molecule has 3 rings (SSSR count). The molecule has 136 valence electrons. The van der Waals surface area contributed by atoms with Gasteiger partial charge in [0, 0.05) is 25.1 Å². The minimum Gasteiger partial charge on any atom is -0.497 e. The van der Waals surface area contributed by atoms with Crippen molar-refractivity contribution < 1.29 is 14.3 Å². The summed E-state index contributed by atoms with van der Waals surface area (Å²) >= 11 is 0. The lowest BCUT2D eigenvalue weighted by Crippen LogP contribution is -2.49. The highest BCUT2D eigenvalue weighted by molar-refractivity contribution is 5.98. The number of amides is 2. The van der Waals surface area contributed by atoms with Crippen LogP contribution in [-0.4, -0.2) is 43.0 Å². The number of nitrogens with one attached hydrogen (secondary N) is 1. The minimum absolute atomic E-state index is 0.0115. The zero-order valence-electron chi connectivity index (χ0n) is 15.0. The molecule has 1 aliphatic rings. The lowest BCUT2D eigenvalue weighted by Gasteiger charge is -2.24. The number of likely N-dealkylation sites (tertiary alicyclic amines) is 1. The largest absolute Gasteiger partial charge is 0.497 e. The molecule has 1 saturated heterocycles. The summed E-state index contributed by atoms with van der Waals surface area (Å²) in [5, 5.41) is 2.92. The van der Waals surface area contributed by atoms with Crippen LogP contribution in [0.5, 0.6) is 5.75 Å². The van der Waals surface area contributed by atoms with Gasteiger partial charge < -0.3 is 15.0 Å². The van der Waals surface area contributed by atoms with Crippen molar-refractivity contribution in [3.63, 3.8) is 0 Å². The molecule has 0 bridgehead atoms. The maximum atomic E-state index is 12.9. The molecule has 1 fully saturated rings. The molecule has 0 radical (unpaired) electrons. The number of nitrogens with zero attached hydrogens (tertiary/aromatic N) is 1. The second kappa shape index (κ2) is 8.52. The molecule has 2 amide bonds. The van der Waals surface area contributed by atoms with Gasteiger partial charge in [-0.15, -0.1) is 0 Å². The number of hydrogen-bond donors (Lipinski definition) is 1. The van der Waals surface area contributed by atoms with Crippen LogP contribution in [-0.2, 0) is 11.2 Å². The Balaban J connectivity index is 1.77. The van der Waals surface area contributed by atoms with E-state index in [4.69, 9.17) is 4.74 Å². The summed E-state index contributed by atoms with van der Waals surface area (Å²) in [4.78, 5) is 27.5. The average molecular weight is 352 g/mol. The van der Waals surface area contributed by atoms with Crippen molar-refractivity contribution >= 4 is 11.8 Å². The van der Waals surface area contributed by atoms with Gasteiger partial charge in [0.1, 0.15) is 11.8 Å². The van der Waals surface area contributed by atoms with E-state index in [2.05, 4.69) is 5.32 Å². The summed E-state index contributed by atoms with van der Waals surface area (Å²) in [5.41, 5.74) is 1.51. The van der Waals surface area contributed by atoms with Crippen LogP contribution in [0.25, 0.3) is 0 Å². The molecule has 2 aromatic carbocycles. The molecule has 1 heterocycles. The van der Waals surface area contributed by atoms with Gasteiger partial charge in [-0.1, -0.05) is 36.4 Å². The summed E-state index contributed by atoms with van der Waals surface area (Å²) in [6.45, 7) is 1.53. The number of rotatable bonds is 6. The number of methoxy groups -OCH3 is 1. The second-order valence-electron chi connectivity index (χ2n) is 6.48. The zero-order chi connectivity index (χ0) is 18.4. The quantitative estimate of drug-likeness (QED) is 0.869. The Labute approximate surface area is 154 Å². The number of ether oxygens (including phenoxy) is 1. The van der Waals surface area contributed by atoms with E-state index in [9.17, 15) is 9.59 Å².